The van der Waals surface area contributed by atoms with Crippen molar-refractivity contribution in [3.8, 4) is 0 Å². The zero-order chi connectivity index (χ0) is 19.5. The zero-order valence-electron chi connectivity index (χ0n) is 14.7. The summed E-state index contributed by atoms with van der Waals surface area (Å²) in [5.74, 6) is -0.943. The summed E-state index contributed by atoms with van der Waals surface area (Å²) in [5.41, 5.74) is -0.816. The van der Waals surface area contributed by atoms with Crippen LogP contribution in [0.3, 0.4) is 0 Å². The highest BCUT2D eigenvalue weighted by Crippen LogP contribution is 2.34. The number of likely N-dealkylation sites (tertiary alicyclic amines) is 1. The monoisotopic (exact) mass is 378 g/mol. The number of nitrogens with one attached hydrogen (secondary N) is 1. The topological polar surface area (TPSA) is 52.6 Å². The van der Waals surface area contributed by atoms with E-state index in [1.54, 1.807) is 18.2 Å². The average molecular weight is 378 g/mol. The number of anilines is 1. The molecule has 0 radical (unpaired) electrons. The third-order valence-electron chi connectivity index (χ3n) is 4.99. The van der Waals surface area contributed by atoms with Gasteiger partial charge in [-0.2, -0.15) is 13.2 Å². The lowest BCUT2D eigenvalue weighted by Gasteiger charge is -2.40. The number of hydrogen-bond acceptors (Lipinski definition) is 3. The Morgan fingerprint density at radius 3 is 2.22 bits per heavy atom. The molecule has 4 nitrogen and oxygen atoms in total. The molecule has 0 atom stereocenters. The third-order valence-corrected chi connectivity index (χ3v) is 4.99. The number of carboxylic acids is 1. The van der Waals surface area contributed by atoms with Gasteiger partial charge in [0.25, 0.3) is 0 Å². The number of rotatable bonds is 5. The van der Waals surface area contributed by atoms with Gasteiger partial charge in [0, 0.05) is 25.3 Å². The summed E-state index contributed by atoms with van der Waals surface area (Å²) in [6.07, 6.45) is -3.77. The van der Waals surface area contributed by atoms with E-state index in [-0.39, 0.29) is 12.1 Å². The van der Waals surface area contributed by atoms with E-state index in [4.69, 9.17) is 0 Å². The summed E-state index contributed by atoms with van der Waals surface area (Å²) in [6.45, 7) is 0.952. The fraction of sp³-hybridized carbons (Fsp3) is 0.350. The lowest BCUT2D eigenvalue weighted by atomic mass is 9.86. The van der Waals surface area contributed by atoms with Gasteiger partial charge in [-0.3, -0.25) is 4.90 Å². The zero-order valence-corrected chi connectivity index (χ0v) is 14.7. The van der Waals surface area contributed by atoms with Crippen molar-refractivity contribution in [2.75, 3.05) is 18.4 Å². The van der Waals surface area contributed by atoms with Crippen LogP contribution in [0.2, 0.25) is 0 Å². The molecule has 3 rings (SSSR count). The Labute approximate surface area is 155 Å². The Kier molecular flexibility index (Phi) is 5.41. The second-order valence-electron chi connectivity index (χ2n) is 6.81. The second-order valence-corrected chi connectivity index (χ2v) is 6.81. The Balaban J connectivity index is 1.70. The molecule has 27 heavy (non-hydrogen) atoms. The average Bonchev–Trinajstić information content (AvgIpc) is 2.64. The molecule has 1 saturated heterocycles. The first-order valence-electron chi connectivity index (χ1n) is 8.74. The van der Waals surface area contributed by atoms with E-state index in [2.05, 4.69) is 5.32 Å². The molecule has 0 aromatic heterocycles. The minimum Gasteiger partial charge on any atom is -0.480 e. The number of nitrogens with zero attached hydrogens (tertiary/aromatic N) is 1. The van der Waals surface area contributed by atoms with Crippen molar-refractivity contribution in [2.24, 2.45) is 0 Å². The summed E-state index contributed by atoms with van der Waals surface area (Å²) in [6, 6.07) is 14.6. The van der Waals surface area contributed by atoms with E-state index in [1.807, 2.05) is 23.1 Å². The Hall–Kier alpha value is -2.54. The predicted octanol–water partition coefficient (Wildman–Crippen LogP) is 4.24. The Morgan fingerprint density at radius 1 is 1.04 bits per heavy atom. The fourth-order valence-corrected chi connectivity index (χ4v) is 3.46. The molecule has 0 bridgehead atoms. The van der Waals surface area contributed by atoms with Gasteiger partial charge in [-0.25, -0.2) is 4.79 Å². The molecule has 144 valence electrons. The smallest absolute Gasteiger partial charge is 0.416 e. The number of alkyl halides is 3. The van der Waals surface area contributed by atoms with Crippen molar-refractivity contribution < 1.29 is 23.1 Å². The van der Waals surface area contributed by atoms with Crippen LogP contribution in [0.1, 0.15) is 24.0 Å². The number of para-hydroxylation sites is 1. The number of carboxylic acid groups (broad SMARTS) is 1. The molecule has 0 saturated carbocycles. The van der Waals surface area contributed by atoms with Crippen LogP contribution in [-0.4, -0.2) is 34.6 Å². The summed E-state index contributed by atoms with van der Waals surface area (Å²) in [4.78, 5) is 13.8. The van der Waals surface area contributed by atoms with Crippen molar-refractivity contribution in [3.63, 3.8) is 0 Å². The Morgan fingerprint density at radius 2 is 1.63 bits per heavy atom. The first-order chi connectivity index (χ1) is 12.8. The van der Waals surface area contributed by atoms with Gasteiger partial charge in [-0.05, 0) is 36.6 Å². The molecule has 2 N–H and O–H groups in total. The first-order valence-corrected chi connectivity index (χ1v) is 8.74. The quantitative estimate of drug-likeness (QED) is 0.817. The highest BCUT2D eigenvalue weighted by Gasteiger charge is 2.42. The minimum atomic E-state index is -4.40. The van der Waals surface area contributed by atoms with Crippen molar-refractivity contribution in [2.45, 2.75) is 31.1 Å². The standard InChI is InChI=1S/C20H21F3N2O2/c21-20(22,23)17-9-5-4-6-15(17)14-25-12-10-19(11-13-25,18(26)27)24-16-7-2-1-3-8-16/h1-9,24H,10-14H2,(H,26,27). The summed E-state index contributed by atoms with van der Waals surface area (Å²) >= 11 is 0. The van der Waals surface area contributed by atoms with Crippen LogP contribution in [0.4, 0.5) is 18.9 Å². The number of aliphatic carboxylic acids is 1. The van der Waals surface area contributed by atoms with Crippen LogP contribution >= 0.6 is 0 Å². The van der Waals surface area contributed by atoms with E-state index in [0.717, 1.165) is 11.8 Å². The van der Waals surface area contributed by atoms with E-state index < -0.39 is 23.2 Å². The van der Waals surface area contributed by atoms with Crippen molar-refractivity contribution >= 4 is 11.7 Å². The molecular weight excluding hydrogens is 357 g/mol. The van der Waals surface area contributed by atoms with Crippen molar-refractivity contribution in [3.05, 3.63) is 65.7 Å². The molecule has 1 aliphatic heterocycles. The maximum absolute atomic E-state index is 13.2. The van der Waals surface area contributed by atoms with E-state index in [1.165, 1.54) is 12.1 Å². The predicted molar refractivity (Wildman–Crippen MR) is 96.4 cm³/mol. The summed E-state index contributed by atoms with van der Waals surface area (Å²) in [7, 11) is 0. The van der Waals surface area contributed by atoms with Crippen molar-refractivity contribution in [1.82, 2.24) is 4.90 Å². The van der Waals surface area contributed by atoms with Crippen molar-refractivity contribution in [1.29, 1.82) is 0 Å². The van der Waals surface area contributed by atoms with Crippen LogP contribution in [-0.2, 0) is 17.5 Å². The molecule has 0 unspecified atom stereocenters. The van der Waals surface area contributed by atoms with Crippen LogP contribution < -0.4 is 5.32 Å². The Bertz CT molecular complexity index is 785. The van der Waals surface area contributed by atoms with Gasteiger partial charge in [0.15, 0.2) is 0 Å². The third kappa shape index (κ3) is 4.42. The van der Waals surface area contributed by atoms with Crippen LogP contribution in [0.5, 0.6) is 0 Å². The minimum absolute atomic E-state index is 0.150. The van der Waals surface area contributed by atoms with Crippen LogP contribution in [0.25, 0.3) is 0 Å². The number of halogens is 3. The second kappa shape index (κ2) is 7.60. The fourth-order valence-electron chi connectivity index (χ4n) is 3.46. The van der Waals surface area contributed by atoms with E-state index >= 15 is 0 Å². The molecule has 1 fully saturated rings. The van der Waals surface area contributed by atoms with E-state index in [9.17, 15) is 23.1 Å². The molecule has 7 heteroatoms. The molecule has 2 aromatic carbocycles. The largest absolute Gasteiger partial charge is 0.480 e. The van der Waals surface area contributed by atoms with Gasteiger partial charge in [0.2, 0.25) is 0 Å². The molecule has 0 amide bonds. The van der Waals surface area contributed by atoms with Crippen LogP contribution in [0.15, 0.2) is 54.6 Å². The van der Waals surface area contributed by atoms with Gasteiger partial charge in [0.05, 0.1) is 5.56 Å². The van der Waals surface area contributed by atoms with Gasteiger partial charge in [-0.1, -0.05) is 36.4 Å². The molecule has 0 spiro atoms. The molecule has 2 aromatic rings. The number of carbonyl (C=O) groups is 1. The highest BCUT2D eigenvalue weighted by molar-refractivity contribution is 5.83. The molecule has 0 aliphatic carbocycles. The number of benzene rings is 2. The maximum Gasteiger partial charge on any atom is 0.416 e. The van der Waals surface area contributed by atoms with Gasteiger partial charge in [0.1, 0.15) is 5.54 Å². The van der Waals surface area contributed by atoms with Gasteiger partial charge in [-0.15, -0.1) is 0 Å². The normalized spacial score (nSPS) is 17.4. The van der Waals surface area contributed by atoms with Gasteiger partial charge >= 0.3 is 12.1 Å². The first kappa shape index (κ1) is 19.2. The number of hydrogen-bond donors (Lipinski definition) is 2. The number of piperidine rings is 1. The van der Waals surface area contributed by atoms with Gasteiger partial charge < -0.3 is 10.4 Å². The molecule has 1 aliphatic rings. The summed E-state index contributed by atoms with van der Waals surface area (Å²) < 4.78 is 39.5. The lowest BCUT2D eigenvalue weighted by molar-refractivity contribution is -0.144. The van der Waals surface area contributed by atoms with E-state index in [0.29, 0.717) is 25.9 Å². The lowest BCUT2D eigenvalue weighted by Crippen LogP contribution is -2.54. The SMILES string of the molecule is O=C(O)C1(Nc2ccccc2)CCN(Cc2ccccc2C(F)(F)F)CC1. The van der Waals surface area contributed by atoms with Crippen LogP contribution in [0, 0.1) is 0 Å². The molecular formula is C20H21F3N2O2. The maximum atomic E-state index is 13.2. The molecule has 1 heterocycles. The summed E-state index contributed by atoms with van der Waals surface area (Å²) in [5, 5.41) is 12.9. The highest BCUT2D eigenvalue weighted by atomic mass is 19.4.